The normalized spacial score (nSPS) is 10.7. The maximum absolute atomic E-state index is 12.5. The minimum atomic E-state index is -0.907. The maximum Gasteiger partial charge on any atom is 0.308 e. The van der Waals surface area contributed by atoms with Crippen LogP contribution in [-0.2, 0) is 28.8 Å². The molecule has 0 aliphatic heterocycles. The van der Waals surface area contributed by atoms with Gasteiger partial charge in [0.05, 0.1) is 0 Å². The van der Waals surface area contributed by atoms with E-state index in [1.165, 1.54) is 6.07 Å². The van der Waals surface area contributed by atoms with E-state index < -0.39 is 53.1 Å². The van der Waals surface area contributed by atoms with Crippen LogP contribution in [0.1, 0.15) is 41.5 Å². The molecule has 0 saturated heterocycles. The van der Waals surface area contributed by atoms with Crippen LogP contribution in [0.5, 0.6) is 34.5 Å². The predicted octanol–water partition coefficient (Wildman–Crippen LogP) is 4.70. The van der Waals surface area contributed by atoms with E-state index >= 15 is 0 Å². The third-order valence-electron chi connectivity index (χ3n) is 5.66. The molecule has 0 amide bonds. The third kappa shape index (κ3) is 5.68. The van der Waals surface area contributed by atoms with Crippen LogP contribution in [0.25, 0.3) is 32.3 Å². The molecule has 0 aliphatic carbocycles. The van der Waals surface area contributed by atoms with E-state index in [1.54, 1.807) is 30.3 Å². The van der Waals surface area contributed by atoms with Crippen molar-refractivity contribution in [2.75, 3.05) is 0 Å². The summed E-state index contributed by atoms with van der Waals surface area (Å²) in [5.74, 6) is -7.30. The molecule has 4 rings (SSSR count). The predicted molar refractivity (Wildman–Crippen MR) is 147 cm³/mol. The summed E-state index contributed by atoms with van der Waals surface area (Å²) in [6.45, 7) is 6.56. The summed E-state index contributed by atoms with van der Waals surface area (Å²) in [5.41, 5.74) is 0. The first kappa shape index (κ1) is 29.5. The van der Waals surface area contributed by atoms with Crippen molar-refractivity contribution in [2.24, 2.45) is 0 Å². The number of ether oxygens (including phenoxy) is 6. The number of rotatable bonds is 6. The largest absolute Gasteiger partial charge is 0.423 e. The minimum absolute atomic E-state index is 0.0486. The lowest BCUT2D eigenvalue weighted by molar-refractivity contribution is -0.136. The smallest absolute Gasteiger partial charge is 0.308 e. The number of carbonyl (C=O) groups excluding carboxylic acids is 6. The lowest BCUT2D eigenvalue weighted by Crippen LogP contribution is -2.14. The molecule has 216 valence electrons. The van der Waals surface area contributed by atoms with E-state index in [4.69, 9.17) is 28.4 Å². The van der Waals surface area contributed by atoms with Crippen molar-refractivity contribution >= 4 is 68.1 Å². The lowest BCUT2D eigenvalue weighted by Gasteiger charge is -2.23. The van der Waals surface area contributed by atoms with Gasteiger partial charge in [0.25, 0.3) is 0 Å². The van der Waals surface area contributed by atoms with Crippen LogP contribution in [0.3, 0.4) is 0 Å². The van der Waals surface area contributed by atoms with Gasteiger partial charge >= 0.3 is 35.8 Å². The van der Waals surface area contributed by atoms with Gasteiger partial charge in [0.2, 0.25) is 11.5 Å². The summed E-state index contributed by atoms with van der Waals surface area (Å²) in [5, 5.41) is 1.43. The SMILES string of the molecule is CC(=O)Oc1ccc2c3ccccc3c3c(OC(C)=O)c(OC(C)=O)c(OC(C)=O)c(OC(C)=O)c3c2c1OC(C)=O. The molecule has 0 N–H and O–H groups in total. The Labute approximate surface area is 238 Å². The van der Waals surface area contributed by atoms with Crippen LogP contribution < -0.4 is 28.4 Å². The summed E-state index contributed by atoms with van der Waals surface area (Å²) < 4.78 is 32.9. The molecule has 0 saturated carbocycles. The highest BCUT2D eigenvalue weighted by Gasteiger charge is 2.33. The van der Waals surface area contributed by atoms with Gasteiger partial charge in [-0.25, -0.2) is 0 Å². The van der Waals surface area contributed by atoms with Crippen LogP contribution >= 0.6 is 0 Å². The Hall–Kier alpha value is -5.52. The average molecular weight is 577 g/mol. The second kappa shape index (κ2) is 11.5. The second-order valence-corrected chi connectivity index (χ2v) is 8.99. The summed E-state index contributed by atoms with van der Waals surface area (Å²) >= 11 is 0. The fraction of sp³-hybridized carbons (Fsp3) is 0.200. The van der Waals surface area contributed by atoms with E-state index in [2.05, 4.69) is 0 Å². The highest BCUT2D eigenvalue weighted by Crippen LogP contribution is 2.57. The van der Waals surface area contributed by atoms with Gasteiger partial charge in [-0.1, -0.05) is 24.3 Å². The van der Waals surface area contributed by atoms with Gasteiger partial charge in [0, 0.05) is 57.7 Å². The highest BCUT2D eigenvalue weighted by molar-refractivity contribution is 6.31. The quantitative estimate of drug-likeness (QED) is 0.177. The van der Waals surface area contributed by atoms with E-state index in [1.807, 2.05) is 0 Å². The number of hydrogen-bond donors (Lipinski definition) is 0. The lowest BCUT2D eigenvalue weighted by atomic mass is 9.91. The van der Waals surface area contributed by atoms with Crippen molar-refractivity contribution < 1.29 is 57.2 Å². The first-order chi connectivity index (χ1) is 19.8. The summed E-state index contributed by atoms with van der Waals surface area (Å²) in [4.78, 5) is 73.7. The van der Waals surface area contributed by atoms with Crippen molar-refractivity contribution in [2.45, 2.75) is 41.5 Å². The molecule has 0 radical (unpaired) electrons. The Balaban J connectivity index is 2.49. The van der Waals surface area contributed by atoms with E-state index in [-0.39, 0.29) is 33.4 Å². The van der Waals surface area contributed by atoms with Gasteiger partial charge in [-0.3, -0.25) is 28.8 Å². The maximum atomic E-state index is 12.5. The molecule has 0 unspecified atom stereocenters. The Morgan fingerprint density at radius 3 is 1.21 bits per heavy atom. The first-order valence-electron chi connectivity index (χ1n) is 12.4. The second-order valence-electron chi connectivity index (χ2n) is 8.99. The molecule has 12 heteroatoms. The van der Waals surface area contributed by atoms with Crippen molar-refractivity contribution in [3.8, 4) is 34.5 Å². The number of fused-ring (bicyclic) bond motifs is 6. The zero-order valence-corrected chi connectivity index (χ0v) is 23.4. The fourth-order valence-corrected chi connectivity index (χ4v) is 4.56. The van der Waals surface area contributed by atoms with Gasteiger partial charge in [0.1, 0.15) is 0 Å². The summed E-state index contributed by atoms with van der Waals surface area (Å²) in [7, 11) is 0. The Morgan fingerprint density at radius 2 is 0.738 bits per heavy atom. The Kier molecular flexibility index (Phi) is 8.09. The van der Waals surface area contributed by atoms with Crippen LogP contribution in [-0.4, -0.2) is 35.8 Å². The van der Waals surface area contributed by atoms with Crippen LogP contribution in [0.2, 0.25) is 0 Å². The molecule has 12 nitrogen and oxygen atoms in total. The molecule has 0 bridgehead atoms. The van der Waals surface area contributed by atoms with Gasteiger partial charge in [0.15, 0.2) is 23.0 Å². The molecule has 4 aromatic rings. The Bertz CT molecular complexity index is 1830. The minimum Gasteiger partial charge on any atom is -0.423 e. The molecule has 0 atom stereocenters. The van der Waals surface area contributed by atoms with Crippen molar-refractivity contribution in [3.05, 3.63) is 36.4 Å². The van der Waals surface area contributed by atoms with Crippen molar-refractivity contribution in [3.63, 3.8) is 0 Å². The van der Waals surface area contributed by atoms with Crippen LogP contribution in [0.15, 0.2) is 36.4 Å². The number of esters is 6. The highest BCUT2D eigenvalue weighted by atomic mass is 16.6. The zero-order chi connectivity index (χ0) is 30.9. The topological polar surface area (TPSA) is 158 Å². The number of carbonyl (C=O) groups is 6. The molecule has 0 fully saturated rings. The van der Waals surface area contributed by atoms with E-state index in [0.29, 0.717) is 16.2 Å². The van der Waals surface area contributed by atoms with Gasteiger partial charge in [-0.05, 0) is 28.3 Å². The molecular weight excluding hydrogens is 552 g/mol. The zero-order valence-electron chi connectivity index (χ0n) is 23.4. The average Bonchev–Trinajstić information content (AvgIpc) is 2.87. The van der Waals surface area contributed by atoms with E-state index in [9.17, 15) is 28.8 Å². The number of benzene rings is 4. The summed E-state index contributed by atoms with van der Waals surface area (Å²) in [6, 6.07) is 9.78. The van der Waals surface area contributed by atoms with Crippen LogP contribution in [0, 0.1) is 0 Å². The Morgan fingerprint density at radius 1 is 0.381 bits per heavy atom. The first-order valence-corrected chi connectivity index (χ1v) is 12.4. The molecule has 0 aromatic heterocycles. The van der Waals surface area contributed by atoms with Gasteiger partial charge in [-0.2, -0.15) is 0 Å². The molecule has 42 heavy (non-hydrogen) atoms. The molecule has 4 aromatic carbocycles. The van der Waals surface area contributed by atoms with Crippen molar-refractivity contribution in [1.29, 1.82) is 0 Å². The number of hydrogen-bond acceptors (Lipinski definition) is 12. The molecule has 0 spiro atoms. The molecule has 0 aliphatic rings. The monoisotopic (exact) mass is 576 g/mol. The van der Waals surface area contributed by atoms with Crippen LogP contribution in [0.4, 0.5) is 0 Å². The van der Waals surface area contributed by atoms with Crippen molar-refractivity contribution in [1.82, 2.24) is 0 Å². The molecular formula is C30H24O12. The fourth-order valence-electron chi connectivity index (χ4n) is 4.56. The van der Waals surface area contributed by atoms with Gasteiger partial charge < -0.3 is 28.4 Å². The standard InChI is InChI=1S/C30H24O12/c1-13(31)37-22-12-11-21-19-9-7-8-10-20(19)24-25(23(21)26(22)38-14(2)32)28(40-16(4)34)30(42-18(6)36)29(41-17(5)35)27(24)39-15(3)33/h7-12H,1-6H3. The summed E-state index contributed by atoms with van der Waals surface area (Å²) in [6.07, 6.45) is 0. The van der Waals surface area contributed by atoms with E-state index in [0.717, 1.165) is 41.5 Å². The third-order valence-corrected chi connectivity index (χ3v) is 5.66. The van der Waals surface area contributed by atoms with Gasteiger partial charge in [-0.15, -0.1) is 0 Å². The molecule has 0 heterocycles.